The van der Waals surface area contributed by atoms with Crippen LogP contribution in [0.2, 0.25) is 0 Å². The molecule has 3 aromatic rings. The molecule has 0 aliphatic rings. The summed E-state index contributed by atoms with van der Waals surface area (Å²) in [6.07, 6.45) is 6.72. The third-order valence-electron chi connectivity index (χ3n) is 4.76. The second-order valence-electron chi connectivity index (χ2n) is 7.01. The van der Waals surface area contributed by atoms with Crippen LogP contribution in [0.4, 0.5) is 0 Å². The van der Waals surface area contributed by atoms with Crippen LogP contribution in [0.5, 0.6) is 0 Å². The molecule has 0 fully saturated rings. The maximum Gasteiger partial charge on any atom is 0.365 e. The van der Waals surface area contributed by atoms with Crippen molar-refractivity contribution in [3.05, 3.63) is 82.6 Å². The standard InChI is InChI=1S/C25H27NO2S/c1-2-3-4-5-12-17-23(26-28-25(27)21-15-10-7-11-16-21)24-18-22(19-29-24)20-13-8-6-9-14-20/h6-11,13-16,18-19H,2-5,12,17H2,1H3. The molecule has 2 aromatic carbocycles. The highest BCUT2D eigenvalue weighted by molar-refractivity contribution is 7.12. The average molecular weight is 406 g/mol. The quantitative estimate of drug-likeness (QED) is 0.153. The number of nitrogens with zero attached hydrogens (tertiary/aromatic N) is 1. The van der Waals surface area contributed by atoms with E-state index in [1.54, 1.807) is 23.5 Å². The molecule has 0 N–H and O–H groups in total. The summed E-state index contributed by atoms with van der Waals surface area (Å²) in [7, 11) is 0. The molecule has 0 spiro atoms. The Balaban J connectivity index is 1.74. The van der Waals surface area contributed by atoms with Gasteiger partial charge in [-0.25, -0.2) is 4.79 Å². The minimum Gasteiger partial charge on any atom is -0.312 e. The zero-order valence-corrected chi connectivity index (χ0v) is 17.7. The summed E-state index contributed by atoms with van der Waals surface area (Å²) in [6.45, 7) is 2.21. The zero-order valence-electron chi connectivity index (χ0n) is 16.8. The van der Waals surface area contributed by atoms with E-state index in [1.807, 2.05) is 36.4 Å². The summed E-state index contributed by atoms with van der Waals surface area (Å²) in [5, 5.41) is 6.41. The first kappa shape index (κ1) is 21.0. The maximum atomic E-state index is 12.3. The topological polar surface area (TPSA) is 38.7 Å². The first-order valence-corrected chi connectivity index (χ1v) is 11.1. The van der Waals surface area contributed by atoms with E-state index in [9.17, 15) is 4.79 Å². The van der Waals surface area contributed by atoms with Crippen LogP contribution < -0.4 is 0 Å². The van der Waals surface area contributed by atoms with Gasteiger partial charge in [-0.05, 0) is 47.5 Å². The lowest BCUT2D eigenvalue weighted by atomic mass is 10.1. The van der Waals surface area contributed by atoms with Crippen molar-refractivity contribution in [2.45, 2.75) is 45.4 Å². The van der Waals surface area contributed by atoms with E-state index in [0.717, 1.165) is 29.9 Å². The van der Waals surface area contributed by atoms with Crippen molar-refractivity contribution in [3.8, 4) is 11.1 Å². The van der Waals surface area contributed by atoms with Crippen LogP contribution >= 0.6 is 11.3 Å². The Kier molecular flexibility index (Phi) is 8.20. The molecule has 3 rings (SSSR count). The van der Waals surface area contributed by atoms with E-state index in [1.165, 1.54) is 30.4 Å². The van der Waals surface area contributed by atoms with Gasteiger partial charge in [0.05, 0.1) is 16.2 Å². The Bertz CT molecular complexity index is 916. The van der Waals surface area contributed by atoms with Crippen molar-refractivity contribution in [1.82, 2.24) is 0 Å². The molecule has 4 heteroatoms. The molecule has 0 radical (unpaired) electrons. The second-order valence-corrected chi connectivity index (χ2v) is 7.92. The molecule has 0 saturated heterocycles. The van der Waals surface area contributed by atoms with Crippen LogP contribution in [0.25, 0.3) is 11.1 Å². The summed E-state index contributed by atoms with van der Waals surface area (Å²) in [6, 6.07) is 21.4. The molecule has 0 atom stereocenters. The van der Waals surface area contributed by atoms with Crippen LogP contribution in [0.15, 0.2) is 77.3 Å². The summed E-state index contributed by atoms with van der Waals surface area (Å²) >= 11 is 1.65. The number of carbonyl (C=O) groups is 1. The number of unbranched alkanes of at least 4 members (excludes halogenated alkanes) is 4. The highest BCUT2D eigenvalue weighted by Crippen LogP contribution is 2.27. The van der Waals surface area contributed by atoms with Gasteiger partial charge in [0.25, 0.3) is 0 Å². The molecule has 0 saturated carbocycles. The van der Waals surface area contributed by atoms with Gasteiger partial charge in [0.1, 0.15) is 0 Å². The molecule has 1 heterocycles. The molecule has 0 bridgehead atoms. The first-order valence-electron chi connectivity index (χ1n) is 10.3. The fourth-order valence-corrected chi connectivity index (χ4v) is 4.03. The Morgan fingerprint density at radius 3 is 2.31 bits per heavy atom. The molecule has 0 amide bonds. The van der Waals surface area contributed by atoms with Gasteiger partial charge in [0.2, 0.25) is 0 Å². The van der Waals surface area contributed by atoms with Crippen molar-refractivity contribution in [3.63, 3.8) is 0 Å². The largest absolute Gasteiger partial charge is 0.365 e. The summed E-state index contributed by atoms with van der Waals surface area (Å²) < 4.78 is 0. The Hall–Kier alpha value is -2.72. The Labute approximate surface area is 177 Å². The van der Waals surface area contributed by atoms with Gasteiger partial charge in [-0.2, -0.15) is 0 Å². The number of hydrogen-bond donors (Lipinski definition) is 0. The molecule has 29 heavy (non-hydrogen) atoms. The second kappa shape index (κ2) is 11.3. The lowest BCUT2D eigenvalue weighted by Crippen LogP contribution is -2.05. The number of oxime groups is 1. The normalized spacial score (nSPS) is 11.4. The van der Waals surface area contributed by atoms with Gasteiger partial charge in [0.15, 0.2) is 0 Å². The first-order chi connectivity index (χ1) is 14.3. The number of carbonyl (C=O) groups excluding carboxylic acids is 1. The van der Waals surface area contributed by atoms with Crippen molar-refractivity contribution in [2.24, 2.45) is 5.16 Å². The predicted octanol–water partition coefficient (Wildman–Crippen LogP) is 7.34. The van der Waals surface area contributed by atoms with Gasteiger partial charge in [-0.15, -0.1) is 11.3 Å². The van der Waals surface area contributed by atoms with E-state index >= 15 is 0 Å². The van der Waals surface area contributed by atoms with Crippen molar-refractivity contribution in [1.29, 1.82) is 0 Å². The molecule has 0 aliphatic carbocycles. The van der Waals surface area contributed by atoms with Crippen molar-refractivity contribution >= 4 is 23.0 Å². The minimum absolute atomic E-state index is 0.422. The molecule has 0 unspecified atom stereocenters. The van der Waals surface area contributed by atoms with Gasteiger partial charge in [-0.3, -0.25) is 0 Å². The highest BCUT2D eigenvalue weighted by atomic mass is 32.1. The smallest absolute Gasteiger partial charge is 0.312 e. The number of thiophene rings is 1. The van der Waals surface area contributed by atoms with Crippen LogP contribution in [-0.2, 0) is 4.84 Å². The number of hydrogen-bond acceptors (Lipinski definition) is 4. The molecule has 3 nitrogen and oxygen atoms in total. The summed E-state index contributed by atoms with van der Waals surface area (Å²) in [4.78, 5) is 18.6. The minimum atomic E-state index is -0.422. The van der Waals surface area contributed by atoms with Crippen molar-refractivity contribution in [2.75, 3.05) is 0 Å². The van der Waals surface area contributed by atoms with Gasteiger partial charge >= 0.3 is 5.97 Å². The fourth-order valence-electron chi connectivity index (χ4n) is 3.10. The highest BCUT2D eigenvalue weighted by Gasteiger charge is 2.12. The third kappa shape index (κ3) is 6.40. The van der Waals surface area contributed by atoms with E-state index in [-0.39, 0.29) is 0 Å². The average Bonchev–Trinajstić information content (AvgIpc) is 3.27. The van der Waals surface area contributed by atoms with E-state index in [4.69, 9.17) is 4.84 Å². The Morgan fingerprint density at radius 1 is 0.897 bits per heavy atom. The number of rotatable bonds is 10. The third-order valence-corrected chi connectivity index (χ3v) is 5.74. The van der Waals surface area contributed by atoms with Gasteiger partial charge in [0, 0.05) is 0 Å². The van der Waals surface area contributed by atoms with Crippen molar-refractivity contribution < 1.29 is 9.63 Å². The fraction of sp³-hybridized carbons (Fsp3) is 0.280. The van der Waals surface area contributed by atoms with Gasteiger partial charge < -0.3 is 4.84 Å². The summed E-state index contributed by atoms with van der Waals surface area (Å²) in [5.41, 5.74) is 3.70. The lowest BCUT2D eigenvalue weighted by molar-refractivity contribution is 0.0515. The van der Waals surface area contributed by atoms with Gasteiger partial charge in [-0.1, -0.05) is 86.3 Å². The van der Waals surface area contributed by atoms with Crippen LogP contribution in [0.3, 0.4) is 0 Å². The molecule has 150 valence electrons. The van der Waals surface area contributed by atoms with E-state index in [0.29, 0.717) is 5.56 Å². The lowest BCUT2D eigenvalue weighted by Gasteiger charge is -2.05. The maximum absolute atomic E-state index is 12.3. The number of benzene rings is 2. The monoisotopic (exact) mass is 405 g/mol. The van der Waals surface area contributed by atoms with Crippen LogP contribution in [0.1, 0.15) is 60.7 Å². The van der Waals surface area contributed by atoms with E-state index in [2.05, 4.69) is 35.7 Å². The predicted molar refractivity (Wildman–Crippen MR) is 122 cm³/mol. The molecular formula is C25H27NO2S. The SMILES string of the molecule is CCCCCCCC(=NOC(=O)c1ccccc1)c1cc(-c2ccccc2)cs1. The Morgan fingerprint density at radius 2 is 1.59 bits per heavy atom. The summed E-state index contributed by atoms with van der Waals surface area (Å²) in [5.74, 6) is -0.422. The van der Waals surface area contributed by atoms with Crippen LogP contribution in [0, 0.1) is 0 Å². The van der Waals surface area contributed by atoms with E-state index < -0.39 is 5.97 Å². The van der Waals surface area contributed by atoms with Crippen LogP contribution in [-0.4, -0.2) is 11.7 Å². The molecule has 0 aliphatic heterocycles. The molecule has 1 aromatic heterocycles. The molecular weight excluding hydrogens is 378 g/mol. The zero-order chi connectivity index (χ0) is 20.3.